The van der Waals surface area contributed by atoms with Crippen molar-refractivity contribution in [2.75, 3.05) is 6.61 Å². The molecular formula is C25H27ClN4O3. The van der Waals surface area contributed by atoms with E-state index in [1.165, 1.54) is 0 Å². The fourth-order valence-corrected chi connectivity index (χ4v) is 3.77. The molecule has 0 saturated carbocycles. The lowest BCUT2D eigenvalue weighted by atomic mass is 10.0. The molecule has 33 heavy (non-hydrogen) atoms. The van der Waals surface area contributed by atoms with Crippen molar-refractivity contribution < 1.29 is 14.3 Å². The molecule has 2 amide bonds. The molecule has 0 spiro atoms. The number of ether oxygens (including phenoxy) is 1. The van der Waals surface area contributed by atoms with Gasteiger partial charge in [-0.05, 0) is 50.6 Å². The normalized spacial score (nSPS) is 11.9. The Bertz CT molecular complexity index is 1140. The van der Waals surface area contributed by atoms with Crippen molar-refractivity contribution in [2.24, 2.45) is 5.10 Å². The molecule has 1 heterocycles. The highest BCUT2D eigenvalue weighted by Gasteiger charge is 2.19. The molecule has 8 heteroatoms. The van der Waals surface area contributed by atoms with E-state index in [0.717, 1.165) is 28.2 Å². The smallest absolute Gasteiger partial charge is 0.407 e. The van der Waals surface area contributed by atoms with Crippen molar-refractivity contribution in [1.82, 2.24) is 15.3 Å². The van der Waals surface area contributed by atoms with Crippen LogP contribution in [0.4, 0.5) is 4.79 Å². The zero-order valence-corrected chi connectivity index (χ0v) is 19.6. The Hall–Kier alpha value is -3.58. The average molecular weight is 467 g/mol. The fraction of sp³-hybridized carbons (Fsp3) is 0.240. The van der Waals surface area contributed by atoms with Gasteiger partial charge < -0.3 is 14.6 Å². The Morgan fingerprint density at radius 1 is 1.12 bits per heavy atom. The van der Waals surface area contributed by atoms with Crippen LogP contribution in [0, 0.1) is 13.8 Å². The quantitative estimate of drug-likeness (QED) is 0.359. The zero-order valence-electron chi connectivity index (χ0n) is 18.8. The lowest BCUT2D eigenvalue weighted by Gasteiger charge is -2.18. The summed E-state index contributed by atoms with van der Waals surface area (Å²) in [6, 6.07) is 18.3. The molecule has 2 aromatic carbocycles. The topological polar surface area (TPSA) is 84.7 Å². The van der Waals surface area contributed by atoms with E-state index < -0.39 is 12.1 Å². The largest absolute Gasteiger partial charge is 0.450 e. The highest BCUT2D eigenvalue weighted by atomic mass is 35.5. The summed E-state index contributed by atoms with van der Waals surface area (Å²) in [5.41, 5.74) is 7.17. The Kier molecular flexibility index (Phi) is 8.27. The maximum atomic E-state index is 12.5. The van der Waals surface area contributed by atoms with E-state index in [1.54, 1.807) is 13.1 Å². The third kappa shape index (κ3) is 6.46. The molecule has 0 saturated heterocycles. The van der Waals surface area contributed by atoms with Crippen molar-refractivity contribution in [1.29, 1.82) is 0 Å². The van der Waals surface area contributed by atoms with Gasteiger partial charge in [-0.1, -0.05) is 48.0 Å². The summed E-state index contributed by atoms with van der Waals surface area (Å²) in [7, 11) is 0. The van der Waals surface area contributed by atoms with E-state index in [0.29, 0.717) is 5.02 Å². The van der Waals surface area contributed by atoms with Crippen LogP contribution in [-0.2, 0) is 9.53 Å². The van der Waals surface area contributed by atoms with Gasteiger partial charge in [0, 0.05) is 27.7 Å². The van der Waals surface area contributed by atoms with Crippen LogP contribution >= 0.6 is 11.6 Å². The molecule has 0 unspecified atom stereocenters. The minimum absolute atomic E-state index is 0.0156. The van der Waals surface area contributed by atoms with E-state index in [4.69, 9.17) is 16.3 Å². The summed E-state index contributed by atoms with van der Waals surface area (Å²) in [5.74, 6) is -0.333. The van der Waals surface area contributed by atoms with Crippen LogP contribution in [-0.4, -0.2) is 29.4 Å². The highest BCUT2D eigenvalue weighted by molar-refractivity contribution is 6.30. The third-order valence-corrected chi connectivity index (χ3v) is 5.32. The Morgan fingerprint density at radius 3 is 2.58 bits per heavy atom. The van der Waals surface area contributed by atoms with E-state index >= 15 is 0 Å². The van der Waals surface area contributed by atoms with E-state index in [9.17, 15) is 9.59 Å². The van der Waals surface area contributed by atoms with Crippen LogP contribution in [0.3, 0.4) is 0 Å². The first kappa shape index (κ1) is 24.1. The molecule has 3 aromatic rings. The Balaban J connectivity index is 1.68. The number of halogens is 1. The predicted molar refractivity (Wildman–Crippen MR) is 130 cm³/mol. The molecule has 172 valence electrons. The third-order valence-electron chi connectivity index (χ3n) is 5.09. The molecule has 1 atom stereocenters. The molecule has 0 bridgehead atoms. The fourth-order valence-electron chi connectivity index (χ4n) is 3.59. The van der Waals surface area contributed by atoms with Gasteiger partial charge in [-0.15, -0.1) is 0 Å². The SMILES string of the molecule is CCOC(=O)N[C@H](CC(=O)N/N=C\c1cc(C)n(-c2cccc(Cl)c2)c1C)c1ccccc1. The number of hydrazone groups is 1. The van der Waals surface area contributed by atoms with Crippen molar-refractivity contribution in [3.05, 3.63) is 88.2 Å². The number of aryl methyl sites for hydroxylation is 1. The predicted octanol–water partition coefficient (Wildman–Crippen LogP) is 5.08. The summed E-state index contributed by atoms with van der Waals surface area (Å²) >= 11 is 6.14. The number of carbonyl (C=O) groups excluding carboxylic acids is 2. The number of nitrogens with zero attached hydrogens (tertiary/aromatic N) is 2. The van der Waals surface area contributed by atoms with E-state index in [1.807, 2.05) is 74.5 Å². The first-order valence-electron chi connectivity index (χ1n) is 10.6. The zero-order chi connectivity index (χ0) is 23.8. The average Bonchev–Trinajstić information content (AvgIpc) is 3.07. The van der Waals surface area contributed by atoms with Crippen molar-refractivity contribution in [3.63, 3.8) is 0 Å². The molecule has 7 nitrogen and oxygen atoms in total. The summed E-state index contributed by atoms with van der Waals surface area (Å²) in [6.07, 6.45) is 1.05. The van der Waals surface area contributed by atoms with Crippen LogP contribution in [0.15, 0.2) is 65.8 Å². The summed E-state index contributed by atoms with van der Waals surface area (Å²) < 4.78 is 7.04. The second-order valence-electron chi connectivity index (χ2n) is 7.47. The number of benzene rings is 2. The van der Waals surface area contributed by atoms with Crippen molar-refractivity contribution in [2.45, 2.75) is 33.2 Å². The highest BCUT2D eigenvalue weighted by Crippen LogP contribution is 2.22. The molecule has 0 aliphatic heterocycles. The molecule has 0 aliphatic carbocycles. The molecule has 1 aromatic heterocycles. The second-order valence-corrected chi connectivity index (χ2v) is 7.90. The van der Waals surface area contributed by atoms with Gasteiger partial charge in [0.15, 0.2) is 0 Å². The van der Waals surface area contributed by atoms with Gasteiger partial charge in [0.1, 0.15) is 0 Å². The molecule has 0 radical (unpaired) electrons. The first-order chi connectivity index (χ1) is 15.9. The summed E-state index contributed by atoms with van der Waals surface area (Å²) in [5, 5.41) is 7.51. The number of carbonyl (C=O) groups is 2. The number of nitrogens with one attached hydrogen (secondary N) is 2. The Morgan fingerprint density at radius 2 is 1.88 bits per heavy atom. The molecule has 0 fully saturated rings. The summed E-state index contributed by atoms with van der Waals surface area (Å²) in [4.78, 5) is 24.4. The molecule has 2 N–H and O–H groups in total. The van der Waals surface area contributed by atoms with E-state index in [-0.39, 0.29) is 18.9 Å². The molecular weight excluding hydrogens is 440 g/mol. The maximum absolute atomic E-state index is 12.5. The number of alkyl carbamates (subject to hydrolysis) is 1. The number of hydrogen-bond acceptors (Lipinski definition) is 4. The monoisotopic (exact) mass is 466 g/mol. The number of amides is 2. The minimum Gasteiger partial charge on any atom is -0.450 e. The Labute approximate surface area is 198 Å². The number of hydrogen-bond donors (Lipinski definition) is 2. The van der Waals surface area contributed by atoms with Gasteiger partial charge in [0.05, 0.1) is 25.3 Å². The van der Waals surface area contributed by atoms with Gasteiger partial charge in [-0.3, -0.25) is 4.79 Å². The van der Waals surface area contributed by atoms with Gasteiger partial charge in [0.2, 0.25) is 5.91 Å². The first-order valence-corrected chi connectivity index (χ1v) is 11.0. The molecule has 0 aliphatic rings. The number of aromatic nitrogens is 1. The maximum Gasteiger partial charge on any atom is 0.407 e. The van der Waals surface area contributed by atoms with Gasteiger partial charge in [0.25, 0.3) is 0 Å². The van der Waals surface area contributed by atoms with Gasteiger partial charge in [-0.2, -0.15) is 5.10 Å². The lowest BCUT2D eigenvalue weighted by molar-refractivity contribution is -0.121. The second kappa shape index (κ2) is 11.3. The van der Waals surface area contributed by atoms with E-state index in [2.05, 4.69) is 20.4 Å². The van der Waals surface area contributed by atoms with Crippen LogP contribution in [0.2, 0.25) is 5.02 Å². The standard InChI is InChI=1S/C25H27ClN4O3/c1-4-33-25(32)28-23(19-9-6-5-7-10-19)15-24(31)29-27-16-20-13-17(2)30(18(20)3)22-12-8-11-21(26)14-22/h5-14,16,23H,4,15H2,1-3H3,(H,28,32)(H,29,31)/b27-16-/t23-/m1/s1. The van der Waals surface area contributed by atoms with Gasteiger partial charge >= 0.3 is 6.09 Å². The van der Waals surface area contributed by atoms with Crippen LogP contribution in [0.5, 0.6) is 0 Å². The number of rotatable bonds is 8. The molecule has 3 rings (SSSR count). The van der Waals surface area contributed by atoms with Crippen molar-refractivity contribution in [3.8, 4) is 5.69 Å². The summed E-state index contributed by atoms with van der Waals surface area (Å²) in [6.45, 7) is 5.94. The van der Waals surface area contributed by atoms with Crippen LogP contribution in [0.25, 0.3) is 5.69 Å². The van der Waals surface area contributed by atoms with Crippen molar-refractivity contribution >= 4 is 29.8 Å². The minimum atomic E-state index is -0.573. The lowest BCUT2D eigenvalue weighted by Crippen LogP contribution is -2.33. The van der Waals surface area contributed by atoms with Crippen LogP contribution in [0.1, 0.15) is 41.9 Å². The van der Waals surface area contributed by atoms with Crippen LogP contribution < -0.4 is 10.7 Å². The van der Waals surface area contributed by atoms with Gasteiger partial charge in [-0.25, -0.2) is 10.2 Å².